The van der Waals surface area contributed by atoms with Crippen molar-refractivity contribution in [1.82, 2.24) is 19.8 Å². The molecule has 0 saturated carbocycles. The second kappa shape index (κ2) is 11.2. The Balaban J connectivity index is 1.13. The number of fused-ring (bicyclic) bond motifs is 1. The maximum Gasteiger partial charge on any atom is 0.420 e. The van der Waals surface area contributed by atoms with E-state index in [2.05, 4.69) is 44.2 Å². The summed E-state index contributed by atoms with van der Waals surface area (Å²) in [5, 5.41) is 6.07. The number of benzene rings is 1. The van der Waals surface area contributed by atoms with Crippen LogP contribution < -0.4 is 15.4 Å². The number of hydrogen-bond donors (Lipinski definition) is 2. The molecular weight excluding hydrogens is 540 g/mol. The Morgan fingerprint density at radius 1 is 1.07 bits per heavy atom. The van der Waals surface area contributed by atoms with Crippen LogP contribution in [-0.2, 0) is 10.9 Å². The summed E-state index contributed by atoms with van der Waals surface area (Å²) in [7, 11) is 0. The Bertz CT molecular complexity index is 1230. The van der Waals surface area contributed by atoms with Crippen LogP contribution in [-0.4, -0.2) is 82.4 Å². The number of halogens is 4. The second-order valence-electron chi connectivity index (χ2n) is 12.4. The first-order chi connectivity index (χ1) is 19.5. The van der Waals surface area contributed by atoms with E-state index in [9.17, 15) is 17.6 Å². The van der Waals surface area contributed by atoms with Crippen molar-refractivity contribution in [2.24, 2.45) is 0 Å². The van der Waals surface area contributed by atoms with Crippen molar-refractivity contribution in [3.8, 4) is 5.75 Å². The minimum absolute atomic E-state index is 0.0119. The molecule has 2 unspecified atom stereocenters. The summed E-state index contributed by atoms with van der Waals surface area (Å²) in [6, 6.07) is 4.72. The molecule has 2 aromatic rings. The van der Waals surface area contributed by atoms with E-state index >= 15 is 0 Å². The predicted molar refractivity (Wildman–Crippen MR) is 147 cm³/mol. The average molecular weight is 579 g/mol. The number of aromatic nitrogens is 2. The summed E-state index contributed by atoms with van der Waals surface area (Å²) in [5.74, 6) is -0.735. The van der Waals surface area contributed by atoms with E-state index in [4.69, 9.17) is 9.47 Å². The van der Waals surface area contributed by atoms with Crippen molar-refractivity contribution in [3.05, 3.63) is 35.8 Å². The minimum atomic E-state index is -4.62. The molecule has 41 heavy (non-hydrogen) atoms. The van der Waals surface area contributed by atoms with Gasteiger partial charge < -0.3 is 20.1 Å². The normalized spacial score (nSPS) is 25.9. The third kappa shape index (κ3) is 6.24. The molecule has 0 radical (unpaired) electrons. The summed E-state index contributed by atoms with van der Waals surface area (Å²) in [6.07, 6.45) is 1.45. The molecule has 4 saturated heterocycles. The van der Waals surface area contributed by atoms with Crippen molar-refractivity contribution in [2.75, 3.05) is 43.5 Å². The third-order valence-electron chi connectivity index (χ3n) is 8.99. The molecule has 8 nitrogen and oxygen atoms in total. The van der Waals surface area contributed by atoms with Crippen LogP contribution in [0.5, 0.6) is 5.75 Å². The van der Waals surface area contributed by atoms with E-state index < -0.39 is 17.6 Å². The summed E-state index contributed by atoms with van der Waals surface area (Å²) in [6.45, 7) is 8.48. The lowest BCUT2D eigenvalue weighted by molar-refractivity contribution is -0.139. The molecule has 2 N–H and O–H groups in total. The summed E-state index contributed by atoms with van der Waals surface area (Å²) < 4.78 is 68.0. The zero-order chi connectivity index (χ0) is 28.8. The second-order valence-corrected chi connectivity index (χ2v) is 12.4. The first kappa shape index (κ1) is 28.4. The molecule has 1 aromatic heterocycles. The van der Waals surface area contributed by atoms with Gasteiger partial charge in [0.05, 0.1) is 31.0 Å². The fraction of sp³-hybridized carbons (Fsp3) is 0.655. The van der Waals surface area contributed by atoms with Gasteiger partial charge in [-0.05, 0) is 77.1 Å². The number of anilines is 3. The van der Waals surface area contributed by atoms with E-state index in [1.165, 1.54) is 12.1 Å². The number of nitrogens with one attached hydrogen (secondary N) is 2. The maximum atomic E-state index is 14.7. The van der Waals surface area contributed by atoms with Gasteiger partial charge in [0.2, 0.25) is 5.95 Å². The number of likely N-dealkylation sites (tertiary alicyclic amines) is 1. The van der Waals surface area contributed by atoms with Gasteiger partial charge in [0, 0.05) is 36.4 Å². The van der Waals surface area contributed by atoms with Gasteiger partial charge >= 0.3 is 6.18 Å². The molecule has 0 aliphatic carbocycles. The van der Waals surface area contributed by atoms with Crippen molar-refractivity contribution >= 4 is 17.5 Å². The Hall–Kier alpha value is -2.70. The molecule has 12 heteroatoms. The topological polar surface area (TPSA) is 74.8 Å². The number of piperidine rings is 2. The van der Waals surface area contributed by atoms with Gasteiger partial charge in [0.1, 0.15) is 11.9 Å². The molecule has 6 rings (SSSR count). The van der Waals surface area contributed by atoms with Crippen molar-refractivity contribution in [1.29, 1.82) is 0 Å². The van der Waals surface area contributed by atoms with Crippen LogP contribution >= 0.6 is 0 Å². The first-order valence-electron chi connectivity index (χ1n) is 14.6. The molecular formula is C29H38F4N6O2. The van der Waals surface area contributed by atoms with Gasteiger partial charge in [-0.1, -0.05) is 0 Å². The number of nitrogens with zero attached hydrogens (tertiary/aromatic N) is 4. The van der Waals surface area contributed by atoms with Gasteiger partial charge in [-0.25, -0.2) is 9.37 Å². The summed E-state index contributed by atoms with van der Waals surface area (Å²) in [4.78, 5) is 13.1. The van der Waals surface area contributed by atoms with E-state index in [1.807, 2.05) is 0 Å². The van der Waals surface area contributed by atoms with E-state index in [0.717, 1.165) is 57.6 Å². The molecule has 4 aliphatic rings. The lowest BCUT2D eigenvalue weighted by atomic mass is 9.84. The number of alkyl halides is 3. The van der Waals surface area contributed by atoms with Crippen LogP contribution in [0.2, 0.25) is 0 Å². The van der Waals surface area contributed by atoms with E-state index in [0.29, 0.717) is 38.1 Å². The van der Waals surface area contributed by atoms with Gasteiger partial charge in [-0.2, -0.15) is 18.2 Å². The lowest BCUT2D eigenvalue weighted by Crippen LogP contribution is -2.55. The molecule has 224 valence electrons. The quantitative estimate of drug-likeness (QED) is 0.421. The van der Waals surface area contributed by atoms with Gasteiger partial charge in [-0.15, -0.1) is 0 Å². The fourth-order valence-electron chi connectivity index (χ4n) is 6.88. The Kier molecular flexibility index (Phi) is 7.75. The Labute approximate surface area is 237 Å². The number of ether oxygens (including phenoxy) is 2. The lowest BCUT2D eigenvalue weighted by Gasteiger charge is -2.47. The Morgan fingerprint density at radius 2 is 1.85 bits per heavy atom. The highest BCUT2D eigenvalue weighted by Gasteiger charge is 2.43. The Morgan fingerprint density at radius 3 is 2.56 bits per heavy atom. The van der Waals surface area contributed by atoms with Crippen LogP contribution in [0.4, 0.5) is 35.0 Å². The number of hydrogen-bond acceptors (Lipinski definition) is 8. The highest BCUT2D eigenvalue weighted by molar-refractivity contribution is 5.59. The van der Waals surface area contributed by atoms with Gasteiger partial charge in [0.25, 0.3) is 0 Å². The van der Waals surface area contributed by atoms with Crippen LogP contribution in [0.3, 0.4) is 0 Å². The highest BCUT2D eigenvalue weighted by atomic mass is 19.4. The third-order valence-corrected chi connectivity index (χ3v) is 8.99. The van der Waals surface area contributed by atoms with Crippen molar-refractivity contribution in [2.45, 2.75) is 88.3 Å². The van der Waals surface area contributed by atoms with Crippen molar-refractivity contribution in [3.63, 3.8) is 0 Å². The molecule has 1 aromatic carbocycles. The van der Waals surface area contributed by atoms with Crippen LogP contribution in [0, 0.1) is 5.82 Å². The monoisotopic (exact) mass is 578 g/mol. The largest absolute Gasteiger partial charge is 0.490 e. The maximum absolute atomic E-state index is 14.7. The van der Waals surface area contributed by atoms with Crippen LogP contribution in [0.15, 0.2) is 24.4 Å². The smallest absolute Gasteiger partial charge is 0.420 e. The summed E-state index contributed by atoms with van der Waals surface area (Å²) >= 11 is 0. The van der Waals surface area contributed by atoms with E-state index in [1.54, 1.807) is 0 Å². The zero-order valence-corrected chi connectivity index (χ0v) is 23.5. The molecule has 5 heterocycles. The fourth-order valence-corrected chi connectivity index (χ4v) is 6.88. The molecule has 4 fully saturated rings. The van der Waals surface area contributed by atoms with E-state index in [-0.39, 0.29) is 40.9 Å². The molecule has 0 spiro atoms. The molecule has 0 amide bonds. The minimum Gasteiger partial charge on any atom is -0.490 e. The first-order valence-corrected chi connectivity index (χ1v) is 14.6. The zero-order valence-electron chi connectivity index (χ0n) is 23.5. The highest BCUT2D eigenvalue weighted by Crippen LogP contribution is 2.40. The predicted octanol–water partition coefficient (Wildman–Crippen LogP) is 5.44. The molecule has 2 atom stereocenters. The van der Waals surface area contributed by atoms with Crippen molar-refractivity contribution < 1.29 is 27.0 Å². The molecule has 0 bridgehead atoms. The van der Waals surface area contributed by atoms with Gasteiger partial charge in [-0.3, -0.25) is 9.80 Å². The van der Waals surface area contributed by atoms with Crippen LogP contribution in [0.25, 0.3) is 0 Å². The van der Waals surface area contributed by atoms with Crippen LogP contribution in [0.1, 0.15) is 57.9 Å². The summed E-state index contributed by atoms with van der Waals surface area (Å²) in [5.41, 5.74) is -0.743. The SMILES string of the molecule is CC1(C)CC(Nc2nc(Nc3ccc(OC4CCN(C5COC5)CC4)c(C(F)(F)F)c3)ncc2F)CC2CCCN21. The molecule has 4 aliphatic heterocycles. The standard InChI is InChI=1S/C29H38F4N6O2/c1-28(2)14-19(12-20-4-3-9-39(20)28)35-26-24(30)15-34-27(37-26)36-18-5-6-25(23(13-18)29(31,32)33)41-22-7-10-38(11-8-22)21-16-40-17-21/h5-6,13,15,19-22H,3-4,7-12,14,16-17H2,1-2H3,(H2,34,35,36,37). The van der Waals surface area contributed by atoms with Gasteiger partial charge in [0.15, 0.2) is 11.6 Å². The average Bonchev–Trinajstić information content (AvgIpc) is 3.36. The number of rotatable bonds is 7.